The van der Waals surface area contributed by atoms with Crippen molar-refractivity contribution in [3.8, 4) is 0 Å². The predicted octanol–water partition coefficient (Wildman–Crippen LogP) is 0.900. The summed E-state index contributed by atoms with van der Waals surface area (Å²) in [6.45, 7) is 2.72. The van der Waals surface area contributed by atoms with Gasteiger partial charge in [0.25, 0.3) is 0 Å². The van der Waals surface area contributed by atoms with Gasteiger partial charge in [-0.2, -0.15) is 0 Å². The topological polar surface area (TPSA) is 60.4 Å². The van der Waals surface area contributed by atoms with Crippen molar-refractivity contribution in [2.24, 2.45) is 5.92 Å². The average molecular weight is 198 g/mol. The van der Waals surface area contributed by atoms with Crippen LogP contribution in [0, 0.1) is 5.92 Å². The first-order valence-corrected chi connectivity index (χ1v) is 4.24. The molecule has 0 heterocycles. The van der Waals surface area contributed by atoms with Crippen LogP contribution >= 0.6 is 0 Å². The number of Topliss-reactive ketones (excluding diaryl/α,β-unsaturated/α-hetero) is 2. The highest BCUT2D eigenvalue weighted by atomic mass is 16.5. The molecule has 0 spiro atoms. The van der Waals surface area contributed by atoms with Gasteiger partial charge in [-0.1, -0.05) is 6.08 Å². The molecule has 0 aliphatic carbocycles. The number of ketones is 2. The van der Waals surface area contributed by atoms with E-state index in [-0.39, 0.29) is 18.0 Å². The fraction of sp³-hybridized carbons (Fsp3) is 0.500. The third kappa shape index (κ3) is 4.54. The van der Waals surface area contributed by atoms with E-state index in [9.17, 15) is 14.4 Å². The first kappa shape index (κ1) is 12.6. The van der Waals surface area contributed by atoms with Gasteiger partial charge in [-0.25, -0.2) is 4.79 Å². The Balaban J connectivity index is 4.20. The highest BCUT2D eigenvalue weighted by Crippen LogP contribution is 2.07. The van der Waals surface area contributed by atoms with E-state index in [4.69, 9.17) is 0 Å². The maximum Gasteiger partial charge on any atom is 0.330 e. The Bertz CT molecular complexity index is 251. The number of allylic oxidation sites excluding steroid dienone is 1. The molecule has 0 radical (unpaired) electrons. The first-order chi connectivity index (χ1) is 6.49. The Morgan fingerprint density at radius 1 is 1.21 bits per heavy atom. The summed E-state index contributed by atoms with van der Waals surface area (Å²) in [6, 6.07) is 0. The molecule has 0 rings (SSSR count). The molecule has 0 N–H and O–H groups in total. The molecule has 0 bridgehead atoms. The molecule has 0 unspecified atom stereocenters. The van der Waals surface area contributed by atoms with E-state index in [2.05, 4.69) is 4.74 Å². The molecule has 0 aliphatic heterocycles. The summed E-state index contributed by atoms with van der Waals surface area (Å²) in [5, 5.41) is 0. The van der Waals surface area contributed by atoms with Crippen molar-refractivity contribution in [2.45, 2.75) is 20.3 Å². The minimum atomic E-state index is -0.643. The fourth-order valence-electron chi connectivity index (χ4n) is 0.987. The van der Waals surface area contributed by atoms with Crippen LogP contribution in [0.25, 0.3) is 0 Å². The molecule has 78 valence electrons. The van der Waals surface area contributed by atoms with Gasteiger partial charge in [0, 0.05) is 6.08 Å². The molecule has 0 saturated carbocycles. The Morgan fingerprint density at radius 2 is 1.71 bits per heavy atom. The van der Waals surface area contributed by atoms with Crippen LogP contribution in [-0.2, 0) is 19.1 Å². The lowest BCUT2D eigenvalue weighted by Crippen LogP contribution is -2.18. The highest BCUT2D eigenvalue weighted by Gasteiger charge is 2.17. The van der Waals surface area contributed by atoms with Gasteiger partial charge in [0.2, 0.25) is 0 Å². The molecule has 0 amide bonds. The van der Waals surface area contributed by atoms with Gasteiger partial charge in [0.05, 0.1) is 13.0 Å². The van der Waals surface area contributed by atoms with Crippen LogP contribution in [0.15, 0.2) is 12.2 Å². The smallest absolute Gasteiger partial charge is 0.330 e. The molecule has 14 heavy (non-hydrogen) atoms. The van der Waals surface area contributed by atoms with Crippen molar-refractivity contribution in [1.82, 2.24) is 0 Å². The van der Waals surface area contributed by atoms with Gasteiger partial charge in [-0.15, -0.1) is 0 Å². The lowest BCUT2D eigenvalue weighted by molar-refractivity contribution is -0.135. The molecule has 0 aromatic rings. The van der Waals surface area contributed by atoms with Crippen LogP contribution in [0.1, 0.15) is 20.3 Å². The van der Waals surface area contributed by atoms with Gasteiger partial charge in [-0.05, 0) is 20.3 Å². The second-order valence-corrected chi connectivity index (χ2v) is 2.94. The second-order valence-electron chi connectivity index (χ2n) is 2.94. The Morgan fingerprint density at radius 3 is 2.07 bits per heavy atom. The number of hydrogen-bond acceptors (Lipinski definition) is 4. The van der Waals surface area contributed by atoms with E-state index in [1.807, 2.05) is 0 Å². The zero-order chi connectivity index (χ0) is 11.1. The van der Waals surface area contributed by atoms with Crippen LogP contribution in [0.4, 0.5) is 0 Å². The highest BCUT2D eigenvalue weighted by molar-refractivity contribution is 6.00. The normalized spacial score (nSPS) is 10.6. The van der Waals surface area contributed by atoms with Gasteiger partial charge in [0.1, 0.15) is 11.6 Å². The Hall–Kier alpha value is -1.45. The van der Waals surface area contributed by atoms with E-state index in [0.29, 0.717) is 0 Å². The van der Waals surface area contributed by atoms with E-state index >= 15 is 0 Å². The summed E-state index contributed by atoms with van der Waals surface area (Å²) in [5.74, 6) is -1.51. The summed E-state index contributed by atoms with van der Waals surface area (Å²) in [7, 11) is 1.26. The van der Waals surface area contributed by atoms with Crippen molar-refractivity contribution in [3.05, 3.63) is 12.2 Å². The monoisotopic (exact) mass is 198 g/mol. The standard InChI is InChI=1S/C10H14O4/c1-7(11)9(8(2)12)5-4-6-10(13)14-3/h4,6,9H,5H2,1-3H3/b6-4-. The summed E-state index contributed by atoms with van der Waals surface area (Å²) in [5.41, 5.74) is 0. The number of carbonyl (C=O) groups is 3. The third-order valence-electron chi connectivity index (χ3n) is 1.81. The molecule has 0 fully saturated rings. The summed E-state index contributed by atoms with van der Waals surface area (Å²) in [4.78, 5) is 32.6. The van der Waals surface area contributed by atoms with Crippen LogP contribution in [0.5, 0.6) is 0 Å². The number of ether oxygens (including phenoxy) is 1. The van der Waals surface area contributed by atoms with E-state index in [0.717, 1.165) is 0 Å². The van der Waals surface area contributed by atoms with Gasteiger partial charge in [0.15, 0.2) is 0 Å². The molecule has 4 heteroatoms. The minimum absolute atomic E-state index is 0.188. The van der Waals surface area contributed by atoms with Crippen molar-refractivity contribution in [3.63, 3.8) is 0 Å². The lowest BCUT2D eigenvalue weighted by atomic mass is 9.97. The number of rotatable bonds is 5. The lowest BCUT2D eigenvalue weighted by Gasteiger charge is -2.05. The van der Waals surface area contributed by atoms with Gasteiger partial charge in [-0.3, -0.25) is 9.59 Å². The number of carbonyl (C=O) groups excluding carboxylic acids is 3. The minimum Gasteiger partial charge on any atom is -0.466 e. The molecule has 0 atom stereocenters. The number of hydrogen-bond donors (Lipinski definition) is 0. The van der Waals surface area contributed by atoms with Crippen molar-refractivity contribution in [2.75, 3.05) is 7.11 Å². The predicted molar refractivity (Wildman–Crippen MR) is 50.6 cm³/mol. The molecule has 0 aliphatic rings. The summed E-state index contributed by atoms with van der Waals surface area (Å²) < 4.78 is 4.36. The van der Waals surface area contributed by atoms with E-state index in [1.165, 1.54) is 33.1 Å². The second kappa shape index (κ2) is 6.07. The van der Waals surface area contributed by atoms with Gasteiger partial charge >= 0.3 is 5.97 Å². The van der Waals surface area contributed by atoms with Crippen LogP contribution < -0.4 is 0 Å². The van der Waals surface area contributed by atoms with Crippen LogP contribution in [-0.4, -0.2) is 24.6 Å². The largest absolute Gasteiger partial charge is 0.466 e. The SMILES string of the molecule is COC(=O)/C=C\CC(C(C)=O)C(C)=O. The zero-order valence-electron chi connectivity index (χ0n) is 8.57. The average Bonchev–Trinajstić information content (AvgIpc) is 2.10. The van der Waals surface area contributed by atoms with Crippen LogP contribution in [0.3, 0.4) is 0 Å². The fourth-order valence-corrected chi connectivity index (χ4v) is 0.987. The maximum atomic E-state index is 11.0. The third-order valence-corrected chi connectivity index (χ3v) is 1.81. The van der Waals surface area contributed by atoms with Crippen molar-refractivity contribution in [1.29, 1.82) is 0 Å². The van der Waals surface area contributed by atoms with Crippen molar-refractivity contribution >= 4 is 17.5 Å². The van der Waals surface area contributed by atoms with E-state index in [1.54, 1.807) is 0 Å². The molecule has 0 saturated heterocycles. The molecular formula is C10H14O4. The zero-order valence-corrected chi connectivity index (χ0v) is 8.57. The molecule has 0 aromatic heterocycles. The van der Waals surface area contributed by atoms with Crippen molar-refractivity contribution < 1.29 is 19.1 Å². The molecular weight excluding hydrogens is 184 g/mol. The Labute approximate surface area is 82.9 Å². The van der Waals surface area contributed by atoms with Gasteiger partial charge < -0.3 is 4.74 Å². The summed E-state index contributed by atoms with van der Waals surface area (Å²) >= 11 is 0. The maximum absolute atomic E-state index is 11.0. The molecule has 4 nitrogen and oxygen atoms in total. The quantitative estimate of drug-likeness (QED) is 0.374. The van der Waals surface area contributed by atoms with E-state index < -0.39 is 11.9 Å². The molecule has 0 aromatic carbocycles. The van der Waals surface area contributed by atoms with Crippen LogP contribution in [0.2, 0.25) is 0 Å². The first-order valence-electron chi connectivity index (χ1n) is 4.24. The Kier molecular flexibility index (Phi) is 5.44. The summed E-state index contributed by atoms with van der Waals surface area (Å²) in [6.07, 6.45) is 2.93. The number of esters is 1. The number of methoxy groups -OCH3 is 1.